The van der Waals surface area contributed by atoms with Gasteiger partial charge in [0, 0.05) is 61.6 Å². The third kappa shape index (κ3) is 5.72. The van der Waals surface area contributed by atoms with Crippen LogP contribution in [-0.2, 0) is 10.0 Å². The molecular formula is C30H34F3N5O5S. The summed E-state index contributed by atoms with van der Waals surface area (Å²) in [4.78, 5) is 20.3. The molecule has 10 nitrogen and oxygen atoms in total. The molecule has 3 heterocycles. The van der Waals surface area contributed by atoms with E-state index < -0.39 is 52.9 Å². The molecule has 1 aromatic heterocycles. The van der Waals surface area contributed by atoms with Crippen molar-refractivity contribution in [2.75, 3.05) is 53.1 Å². The van der Waals surface area contributed by atoms with Gasteiger partial charge in [-0.05, 0) is 55.4 Å². The van der Waals surface area contributed by atoms with Crippen LogP contribution in [-0.4, -0.2) is 74.0 Å². The Morgan fingerprint density at radius 3 is 2.23 bits per heavy atom. The molecule has 6 rings (SSSR count). The van der Waals surface area contributed by atoms with Crippen molar-refractivity contribution in [2.24, 2.45) is 11.1 Å². The number of amides is 1. The predicted octanol–water partition coefficient (Wildman–Crippen LogP) is 4.20. The van der Waals surface area contributed by atoms with Crippen LogP contribution in [0.15, 0.2) is 30.3 Å². The Morgan fingerprint density at radius 2 is 1.61 bits per heavy atom. The van der Waals surface area contributed by atoms with Crippen LogP contribution in [0.5, 0.6) is 5.88 Å². The molecule has 1 saturated carbocycles. The average molecular weight is 634 g/mol. The minimum Gasteiger partial charge on any atom is -0.493 e. The van der Waals surface area contributed by atoms with Crippen LogP contribution in [0, 0.1) is 11.2 Å². The van der Waals surface area contributed by atoms with E-state index in [0.717, 1.165) is 25.7 Å². The number of piperidine rings is 2. The Balaban J connectivity index is 1.62. The van der Waals surface area contributed by atoms with Crippen LogP contribution in [0.2, 0.25) is 0 Å². The number of aromatic nitrogens is 1. The van der Waals surface area contributed by atoms with E-state index in [9.17, 15) is 32.2 Å². The lowest BCUT2D eigenvalue weighted by Gasteiger charge is -2.37. The van der Waals surface area contributed by atoms with E-state index in [1.54, 1.807) is 0 Å². The second kappa shape index (κ2) is 11.0. The van der Waals surface area contributed by atoms with Gasteiger partial charge < -0.3 is 25.7 Å². The SMILES string of the molecule is NC(=O)c1ccc(NS(=O)(=O)CCO)c(-c2cc3ccc(O)nc3c(N3CCC(F)(F)CC3)c2F)c1N1CCC2(CC1)CC2. The zero-order valence-electron chi connectivity index (χ0n) is 24.0. The first kappa shape index (κ1) is 30.3. The lowest BCUT2D eigenvalue weighted by atomic mass is 9.90. The van der Waals surface area contributed by atoms with Gasteiger partial charge in [0.2, 0.25) is 15.9 Å². The highest BCUT2D eigenvalue weighted by Gasteiger charge is 2.45. The molecular weight excluding hydrogens is 599 g/mol. The number of hydrogen-bond donors (Lipinski definition) is 4. The quantitative estimate of drug-likeness (QED) is 0.289. The number of halogens is 3. The van der Waals surface area contributed by atoms with Crippen molar-refractivity contribution in [3.63, 3.8) is 0 Å². The molecule has 2 saturated heterocycles. The fourth-order valence-electron chi connectivity index (χ4n) is 6.44. The molecule has 1 spiro atoms. The highest BCUT2D eigenvalue weighted by Crippen LogP contribution is 2.55. The van der Waals surface area contributed by atoms with Gasteiger partial charge in [-0.3, -0.25) is 9.52 Å². The number of sulfonamides is 1. The van der Waals surface area contributed by atoms with E-state index in [2.05, 4.69) is 9.71 Å². The summed E-state index contributed by atoms with van der Waals surface area (Å²) in [5.41, 5.74) is 6.28. The Bertz CT molecular complexity index is 1730. The molecule has 2 aliphatic heterocycles. The van der Waals surface area contributed by atoms with Crippen LogP contribution in [0.4, 0.5) is 30.2 Å². The number of nitrogens with zero attached hydrogens (tertiary/aromatic N) is 3. The molecule has 44 heavy (non-hydrogen) atoms. The van der Waals surface area contributed by atoms with Gasteiger partial charge in [-0.25, -0.2) is 26.6 Å². The number of aliphatic hydroxyl groups is 1. The number of carbonyl (C=O) groups is 1. The van der Waals surface area contributed by atoms with Crippen LogP contribution >= 0.6 is 0 Å². The number of rotatable bonds is 8. The van der Waals surface area contributed by atoms with Crippen molar-refractivity contribution in [3.8, 4) is 17.0 Å². The van der Waals surface area contributed by atoms with Gasteiger partial charge in [-0.15, -0.1) is 0 Å². The zero-order valence-corrected chi connectivity index (χ0v) is 24.8. The minimum absolute atomic E-state index is 0.0359. The van der Waals surface area contributed by atoms with Gasteiger partial charge in [0.15, 0.2) is 5.82 Å². The third-order valence-corrected chi connectivity index (χ3v) is 10.4. The van der Waals surface area contributed by atoms with Gasteiger partial charge in [-0.1, -0.05) is 0 Å². The molecule has 1 amide bonds. The molecule has 3 fully saturated rings. The van der Waals surface area contributed by atoms with Crippen molar-refractivity contribution >= 4 is 43.9 Å². The Hall–Kier alpha value is -3.78. The van der Waals surface area contributed by atoms with E-state index in [1.807, 2.05) is 4.90 Å². The summed E-state index contributed by atoms with van der Waals surface area (Å²) in [6, 6.07) is 6.99. The number of fused-ring (bicyclic) bond motifs is 1. The molecule has 1 aliphatic carbocycles. The molecule has 3 aliphatic rings. The van der Waals surface area contributed by atoms with E-state index in [4.69, 9.17) is 5.73 Å². The predicted molar refractivity (Wildman–Crippen MR) is 161 cm³/mol. The van der Waals surface area contributed by atoms with Crippen LogP contribution < -0.4 is 20.3 Å². The molecule has 2 aromatic carbocycles. The Labute approximate surface area is 252 Å². The van der Waals surface area contributed by atoms with Gasteiger partial charge in [0.1, 0.15) is 11.2 Å². The number of nitrogens with two attached hydrogens (primary N) is 1. The fraction of sp³-hybridized carbons (Fsp3) is 0.467. The maximum absolute atomic E-state index is 17.1. The first-order valence-electron chi connectivity index (χ1n) is 14.6. The van der Waals surface area contributed by atoms with Crippen molar-refractivity contribution in [2.45, 2.75) is 44.4 Å². The van der Waals surface area contributed by atoms with Gasteiger partial charge in [0.25, 0.3) is 11.8 Å². The highest BCUT2D eigenvalue weighted by atomic mass is 32.2. The summed E-state index contributed by atoms with van der Waals surface area (Å²) >= 11 is 0. The van der Waals surface area contributed by atoms with E-state index in [0.29, 0.717) is 18.5 Å². The monoisotopic (exact) mass is 633 g/mol. The van der Waals surface area contributed by atoms with Crippen molar-refractivity contribution < 1.29 is 36.6 Å². The summed E-state index contributed by atoms with van der Waals surface area (Å²) in [5.74, 6) is -5.58. The summed E-state index contributed by atoms with van der Waals surface area (Å²) in [7, 11) is -4.11. The first-order chi connectivity index (χ1) is 20.8. The summed E-state index contributed by atoms with van der Waals surface area (Å²) in [6.07, 6.45) is 2.86. The minimum atomic E-state index is -4.11. The number of nitrogens with one attached hydrogen (secondary N) is 1. The zero-order chi connectivity index (χ0) is 31.4. The van der Waals surface area contributed by atoms with Gasteiger partial charge >= 0.3 is 0 Å². The summed E-state index contributed by atoms with van der Waals surface area (Å²) in [5, 5.41) is 19.9. The van der Waals surface area contributed by atoms with Crippen LogP contribution in [0.1, 0.15) is 48.9 Å². The number of aliphatic hydroxyl groups excluding tert-OH is 1. The fourth-order valence-corrected chi connectivity index (χ4v) is 7.29. The summed E-state index contributed by atoms with van der Waals surface area (Å²) < 4.78 is 73.6. The largest absolute Gasteiger partial charge is 0.493 e. The molecule has 5 N–H and O–H groups in total. The highest BCUT2D eigenvalue weighted by molar-refractivity contribution is 7.92. The smallest absolute Gasteiger partial charge is 0.251 e. The third-order valence-electron chi connectivity index (χ3n) is 9.13. The van der Waals surface area contributed by atoms with Crippen molar-refractivity contribution in [1.82, 2.24) is 4.98 Å². The molecule has 236 valence electrons. The molecule has 0 unspecified atom stereocenters. The first-order valence-corrected chi connectivity index (χ1v) is 16.3. The number of aromatic hydroxyl groups is 1. The Morgan fingerprint density at radius 1 is 0.977 bits per heavy atom. The van der Waals surface area contributed by atoms with Gasteiger partial charge in [0.05, 0.1) is 29.3 Å². The number of benzene rings is 2. The van der Waals surface area contributed by atoms with Crippen molar-refractivity contribution in [3.05, 3.63) is 41.7 Å². The molecule has 0 radical (unpaired) electrons. The lowest BCUT2D eigenvalue weighted by Crippen LogP contribution is -2.40. The number of alkyl halides is 2. The number of pyridine rings is 1. The van der Waals surface area contributed by atoms with E-state index in [-0.39, 0.29) is 63.7 Å². The average Bonchev–Trinajstić information content (AvgIpc) is 3.72. The molecule has 14 heteroatoms. The Kier molecular flexibility index (Phi) is 7.55. The molecule has 0 bridgehead atoms. The number of carbonyl (C=O) groups excluding carboxylic acids is 1. The molecule has 0 atom stereocenters. The normalized spacial score (nSPS) is 19.4. The number of primary amides is 1. The standard InChI is InChI=1S/C30H34F3N5O5S/c31-24-20(17-18-1-4-22(40)35-25(18)27(24)38-13-9-30(32,33)10-14-38)23-21(36-44(42,43)16-15-39)3-2-19(28(34)41)26(23)37-11-7-29(5-6-29)8-12-37/h1-4,17,36,39H,5-16H2,(H2,34,41)(H,35,40). The van der Waals surface area contributed by atoms with Crippen LogP contribution in [0.3, 0.4) is 0 Å². The number of anilines is 3. The van der Waals surface area contributed by atoms with E-state index >= 15 is 4.39 Å². The maximum atomic E-state index is 17.1. The van der Waals surface area contributed by atoms with Crippen LogP contribution in [0.25, 0.3) is 22.0 Å². The second-order valence-corrected chi connectivity index (χ2v) is 13.9. The lowest BCUT2D eigenvalue weighted by molar-refractivity contribution is -0.0221. The number of hydrogen-bond acceptors (Lipinski definition) is 8. The topological polar surface area (TPSA) is 149 Å². The maximum Gasteiger partial charge on any atom is 0.251 e. The van der Waals surface area contributed by atoms with Gasteiger partial charge in [-0.2, -0.15) is 0 Å². The molecule has 3 aromatic rings. The summed E-state index contributed by atoms with van der Waals surface area (Å²) in [6.45, 7) is 0.0301. The van der Waals surface area contributed by atoms with E-state index in [1.165, 1.54) is 35.2 Å². The second-order valence-electron chi connectivity index (χ2n) is 12.1. The van der Waals surface area contributed by atoms with Crippen molar-refractivity contribution in [1.29, 1.82) is 0 Å².